The summed E-state index contributed by atoms with van der Waals surface area (Å²) in [7, 11) is -3.45. The summed E-state index contributed by atoms with van der Waals surface area (Å²) < 4.78 is 25.6. The van der Waals surface area contributed by atoms with E-state index >= 15 is 0 Å². The molecule has 1 unspecified atom stereocenters. The van der Waals surface area contributed by atoms with E-state index in [4.69, 9.17) is 0 Å². The first-order chi connectivity index (χ1) is 12.8. The summed E-state index contributed by atoms with van der Waals surface area (Å²) in [5.41, 5.74) is 1.02. The zero-order valence-corrected chi connectivity index (χ0v) is 17.8. The van der Waals surface area contributed by atoms with Crippen LogP contribution in [0, 0.1) is 5.92 Å². The Labute approximate surface area is 166 Å². The van der Waals surface area contributed by atoms with Gasteiger partial charge in [-0.15, -0.1) is 11.3 Å². The number of hydrogen-bond acceptors (Lipinski definition) is 4. The molecule has 2 rings (SSSR count). The standard InChI is InChI=1S/C20H28N2O3S2/c1-4-17(2)13-22(27(3,24)25)16-20(23)21(15-19-11-8-12-26-19)14-18-9-6-5-7-10-18/h5-12,17H,4,13-16H2,1-3H3. The summed E-state index contributed by atoms with van der Waals surface area (Å²) in [5.74, 6) is 0.0216. The fraction of sp³-hybridized carbons (Fsp3) is 0.450. The molecule has 148 valence electrons. The summed E-state index contributed by atoms with van der Waals surface area (Å²) in [6.45, 7) is 5.19. The highest BCUT2D eigenvalue weighted by atomic mass is 32.2. The van der Waals surface area contributed by atoms with Crippen molar-refractivity contribution in [3.63, 3.8) is 0 Å². The summed E-state index contributed by atoms with van der Waals surface area (Å²) in [5, 5.41) is 1.98. The number of benzene rings is 1. The summed E-state index contributed by atoms with van der Waals surface area (Å²) >= 11 is 1.59. The minimum atomic E-state index is -3.45. The van der Waals surface area contributed by atoms with Crippen molar-refractivity contribution >= 4 is 27.3 Å². The van der Waals surface area contributed by atoms with Crippen LogP contribution in [0.5, 0.6) is 0 Å². The highest BCUT2D eigenvalue weighted by Gasteiger charge is 2.25. The fourth-order valence-corrected chi connectivity index (χ4v) is 4.26. The van der Waals surface area contributed by atoms with E-state index in [1.807, 2.05) is 61.7 Å². The Balaban J connectivity index is 2.17. The third-order valence-corrected chi connectivity index (χ3v) is 6.57. The van der Waals surface area contributed by atoms with E-state index in [9.17, 15) is 13.2 Å². The maximum absolute atomic E-state index is 13.0. The van der Waals surface area contributed by atoms with Crippen LogP contribution in [0.4, 0.5) is 0 Å². The van der Waals surface area contributed by atoms with Crippen LogP contribution in [0.2, 0.25) is 0 Å². The number of carbonyl (C=O) groups is 1. The van der Waals surface area contributed by atoms with Crippen LogP contribution in [-0.4, -0.2) is 42.9 Å². The lowest BCUT2D eigenvalue weighted by molar-refractivity contribution is -0.132. The first kappa shape index (κ1) is 21.6. The number of carbonyl (C=O) groups excluding carboxylic acids is 1. The molecule has 2 aromatic rings. The van der Waals surface area contributed by atoms with E-state index < -0.39 is 10.0 Å². The highest BCUT2D eigenvalue weighted by molar-refractivity contribution is 7.88. The van der Waals surface area contributed by atoms with Gasteiger partial charge in [-0.2, -0.15) is 4.31 Å². The molecule has 0 aliphatic heterocycles. The molecule has 0 fully saturated rings. The highest BCUT2D eigenvalue weighted by Crippen LogP contribution is 2.16. The van der Waals surface area contributed by atoms with Gasteiger partial charge in [-0.3, -0.25) is 4.79 Å². The molecule has 0 bridgehead atoms. The smallest absolute Gasteiger partial charge is 0.238 e. The Morgan fingerprint density at radius 3 is 2.37 bits per heavy atom. The molecule has 1 atom stereocenters. The first-order valence-corrected chi connectivity index (χ1v) is 11.8. The molecule has 0 saturated carbocycles. The maximum atomic E-state index is 13.0. The molecule has 7 heteroatoms. The average Bonchev–Trinajstić information content (AvgIpc) is 3.13. The summed E-state index contributed by atoms with van der Waals surface area (Å²) in [4.78, 5) is 15.8. The van der Waals surface area contributed by atoms with Gasteiger partial charge in [-0.1, -0.05) is 56.7 Å². The van der Waals surface area contributed by atoms with Crippen molar-refractivity contribution in [1.82, 2.24) is 9.21 Å². The van der Waals surface area contributed by atoms with Crippen molar-refractivity contribution < 1.29 is 13.2 Å². The van der Waals surface area contributed by atoms with Gasteiger partial charge in [0.05, 0.1) is 19.3 Å². The predicted molar refractivity (Wildman–Crippen MR) is 111 cm³/mol. The number of thiophene rings is 1. The van der Waals surface area contributed by atoms with Crippen molar-refractivity contribution in [2.24, 2.45) is 5.92 Å². The Bertz CT molecular complexity index is 805. The quantitative estimate of drug-likeness (QED) is 0.604. The largest absolute Gasteiger partial charge is 0.332 e. The molecule has 0 N–H and O–H groups in total. The number of sulfonamides is 1. The zero-order chi connectivity index (χ0) is 19.9. The Kier molecular flexibility index (Phi) is 8.01. The molecule has 1 aromatic heterocycles. The van der Waals surface area contributed by atoms with E-state index in [1.165, 1.54) is 10.6 Å². The van der Waals surface area contributed by atoms with Crippen LogP contribution >= 0.6 is 11.3 Å². The molecular formula is C20H28N2O3S2. The first-order valence-electron chi connectivity index (χ1n) is 9.08. The molecule has 1 heterocycles. The van der Waals surface area contributed by atoms with Gasteiger partial charge in [0.15, 0.2) is 0 Å². The van der Waals surface area contributed by atoms with Gasteiger partial charge in [-0.25, -0.2) is 8.42 Å². The SMILES string of the molecule is CCC(C)CN(CC(=O)N(Cc1ccccc1)Cc1cccs1)S(C)(=O)=O. The summed E-state index contributed by atoms with van der Waals surface area (Å²) in [6, 6.07) is 13.7. The van der Waals surface area contributed by atoms with Gasteiger partial charge < -0.3 is 4.90 Å². The molecule has 0 aliphatic carbocycles. The summed E-state index contributed by atoms with van der Waals surface area (Å²) in [6.07, 6.45) is 2.03. The zero-order valence-electron chi connectivity index (χ0n) is 16.2. The average molecular weight is 409 g/mol. The number of rotatable bonds is 10. The van der Waals surface area contributed by atoms with Crippen LogP contribution in [0.1, 0.15) is 30.7 Å². The number of hydrogen-bond donors (Lipinski definition) is 0. The Hall–Kier alpha value is -1.70. The van der Waals surface area contributed by atoms with Gasteiger partial charge in [0.2, 0.25) is 15.9 Å². The Morgan fingerprint density at radius 1 is 1.11 bits per heavy atom. The van der Waals surface area contributed by atoms with E-state index in [0.717, 1.165) is 16.9 Å². The third-order valence-electron chi connectivity index (χ3n) is 4.49. The molecule has 0 aliphatic rings. The minimum Gasteiger partial charge on any atom is -0.332 e. The van der Waals surface area contributed by atoms with Gasteiger partial charge in [0.25, 0.3) is 0 Å². The lowest BCUT2D eigenvalue weighted by atomic mass is 10.1. The van der Waals surface area contributed by atoms with Crippen LogP contribution in [0.3, 0.4) is 0 Å². The van der Waals surface area contributed by atoms with Gasteiger partial charge >= 0.3 is 0 Å². The van der Waals surface area contributed by atoms with E-state index in [1.54, 1.807) is 16.2 Å². The van der Waals surface area contributed by atoms with Crippen LogP contribution < -0.4 is 0 Å². The van der Waals surface area contributed by atoms with Crippen molar-refractivity contribution in [3.05, 3.63) is 58.3 Å². The van der Waals surface area contributed by atoms with Crippen LogP contribution in [0.15, 0.2) is 47.8 Å². The molecule has 0 radical (unpaired) electrons. The van der Waals surface area contributed by atoms with Gasteiger partial charge in [0, 0.05) is 18.0 Å². The molecule has 27 heavy (non-hydrogen) atoms. The lowest BCUT2D eigenvalue weighted by Crippen LogP contribution is -2.43. The lowest BCUT2D eigenvalue weighted by Gasteiger charge is -2.27. The number of amides is 1. The molecule has 0 saturated heterocycles. The van der Waals surface area contributed by atoms with Gasteiger partial charge in [0.1, 0.15) is 0 Å². The second-order valence-corrected chi connectivity index (χ2v) is 9.90. The van der Waals surface area contributed by atoms with Gasteiger partial charge in [-0.05, 0) is 22.9 Å². The fourth-order valence-electron chi connectivity index (χ4n) is 2.67. The van der Waals surface area contributed by atoms with Crippen LogP contribution in [-0.2, 0) is 27.9 Å². The second-order valence-electron chi connectivity index (χ2n) is 6.88. The van der Waals surface area contributed by atoms with E-state index in [0.29, 0.717) is 19.6 Å². The predicted octanol–water partition coefficient (Wildman–Crippen LogP) is 3.58. The molecule has 0 spiro atoms. The molecule has 1 amide bonds. The second kappa shape index (κ2) is 10.0. The van der Waals surface area contributed by atoms with Crippen molar-refractivity contribution in [3.8, 4) is 0 Å². The number of nitrogens with zero attached hydrogens (tertiary/aromatic N) is 2. The Morgan fingerprint density at radius 2 is 1.81 bits per heavy atom. The van der Waals surface area contributed by atoms with Crippen molar-refractivity contribution in [1.29, 1.82) is 0 Å². The molecule has 1 aromatic carbocycles. The minimum absolute atomic E-state index is 0.124. The topological polar surface area (TPSA) is 57.7 Å². The molecular weight excluding hydrogens is 380 g/mol. The van der Waals surface area contributed by atoms with Crippen molar-refractivity contribution in [2.75, 3.05) is 19.3 Å². The normalized spacial score (nSPS) is 12.9. The third kappa shape index (κ3) is 7.08. The van der Waals surface area contributed by atoms with Crippen molar-refractivity contribution in [2.45, 2.75) is 33.4 Å². The monoisotopic (exact) mass is 408 g/mol. The molecule has 5 nitrogen and oxygen atoms in total. The van der Waals surface area contributed by atoms with E-state index in [-0.39, 0.29) is 18.4 Å². The van der Waals surface area contributed by atoms with Crippen LogP contribution in [0.25, 0.3) is 0 Å². The van der Waals surface area contributed by atoms with E-state index in [2.05, 4.69) is 0 Å². The maximum Gasteiger partial charge on any atom is 0.238 e.